The van der Waals surface area contributed by atoms with Crippen LogP contribution >= 0.6 is 11.6 Å². The third kappa shape index (κ3) is 6.63. The number of rotatable bonds is 8. The minimum Gasteiger partial charge on any atom is -0.315 e. The van der Waals surface area contributed by atoms with Crippen LogP contribution in [0, 0.1) is 5.92 Å². The largest absolute Gasteiger partial charge is 0.315 e. The van der Waals surface area contributed by atoms with Gasteiger partial charge in [-0.3, -0.25) is 0 Å². The van der Waals surface area contributed by atoms with Gasteiger partial charge in [0.15, 0.2) is 9.84 Å². The Balaban J connectivity index is 3.93. The van der Waals surface area contributed by atoms with Gasteiger partial charge in [0.1, 0.15) is 0 Å². The molecule has 0 saturated carbocycles. The molecule has 1 unspecified atom stereocenters. The van der Waals surface area contributed by atoms with Crippen LogP contribution in [0.25, 0.3) is 0 Å². The molecule has 0 heterocycles. The summed E-state index contributed by atoms with van der Waals surface area (Å²) in [5, 5.41) is 3.21. The standard InChI is InChI=1S/C12H26ClNO2S/c1-5-11(6-7-13)10-14-8-9-17(15,16)12(2,3)4/h11,14H,5-10H2,1-4H3. The van der Waals surface area contributed by atoms with Crippen LogP contribution in [-0.2, 0) is 9.84 Å². The van der Waals surface area contributed by atoms with Crippen LogP contribution in [0.2, 0.25) is 0 Å². The van der Waals surface area contributed by atoms with E-state index in [0.717, 1.165) is 19.4 Å². The van der Waals surface area contributed by atoms with E-state index in [1.165, 1.54) is 0 Å². The highest BCUT2D eigenvalue weighted by atomic mass is 35.5. The Bertz CT molecular complexity index is 296. The van der Waals surface area contributed by atoms with Gasteiger partial charge in [0.25, 0.3) is 0 Å². The molecule has 0 fully saturated rings. The Kier molecular flexibility index (Phi) is 7.68. The van der Waals surface area contributed by atoms with E-state index in [2.05, 4.69) is 12.2 Å². The first-order valence-corrected chi connectivity index (χ1v) is 8.42. The van der Waals surface area contributed by atoms with Crippen LogP contribution in [0.3, 0.4) is 0 Å². The van der Waals surface area contributed by atoms with Crippen LogP contribution in [0.4, 0.5) is 0 Å². The number of hydrogen-bond acceptors (Lipinski definition) is 3. The summed E-state index contributed by atoms with van der Waals surface area (Å²) in [6.07, 6.45) is 2.06. The van der Waals surface area contributed by atoms with E-state index in [-0.39, 0.29) is 5.75 Å². The number of hydrogen-bond donors (Lipinski definition) is 1. The lowest BCUT2D eigenvalue weighted by Crippen LogP contribution is -2.35. The Morgan fingerprint density at radius 3 is 2.29 bits per heavy atom. The average molecular weight is 284 g/mol. The fraction of sp³-hybridized carbons (Fsp3) is 1.00. The summed E-state index contributed by atoms with van der Waals surface area (Å²) >= 11 is 5.70. The number of nitrogens with one attached hydrogen (secondary N) is 1. The maximum absolute atomic E-state index is 11.8. The molecule has 104 valence electrons. The molecule has 3 nitrogen and oxygen atoms in total. The summed E-state index contributed by atoms with van der Waals surface area (Å²) in [4.78, 5) is 0. The molecule has 5 heteroatoms. The van der Waals surface area contributed by atoms with Gasteiger partial charge >= 0.3 is 0 Å². The molecule has 0 aliphatic rings. The number of sulfone groups is 1. The van der Waals surface area contributed by atoms with E-state index < -0.39 is 14.6 Å². The van der Waals surface area contributed by atoms with Crippen LogP contribution < -0.4 is 5.32 Å². The predicted octanol–water partition coefficient (Wildman–Crippen LogP) is 2.44. The SMILES string of the molecule is CCC(CCCl)CNCCS(=O)(=O)C(C)(C)C. The van der Waals surface area contributed by atoms with Crippen molar-refractivity contribution in [1.29, 1.82) is 0 Å². The van der Waals surface area contributed by atoms with E-state index in [0.29, 0.717) is 18.3 Å². The Morgan fingerprint density at radius 2 is 1.88 bits per heavy atom. The van der Waals surface area contributed by atoms with Crippen LogP contribution in [0.5, 0.6) is 0 Å². The van der Waals surface area contributed by atoms with Crippen molar-refractivity contribution >= 4 is 21.4 Å². The summed E-state index contributed by atoms with van der Waals surface area (Å²) in [5.41, 5.74) is 0. The van der Waals surface area contributed by atoms with Crippen molar-refractivity contribution in [2.45, 2.75) is 45.3 Å². The Hall–Kier alpha value is 0.200. The molecule has 1 N–H and O–H groups in total. The minimum absolute atomic E-state index is 0.202. The lowest BCUT2D eigenvalue weighted by atomic mass is 10.0. The molecule has 0 aromatic carbocycles. The molecule has 0 spiro atoms. The smallest absolute Gasteiger partial charge is 0.156 e. The van der Waals surface area contributed by atoms with Gasteiger partial charge in [0.05, 0.1) is 10.5 Å². The van der Waals surface area contributed by atoms with Crippen molar-refractivity contribution in [2.24, 2.45) is 5.92 Å². The van der Waals surface area contributed by atoms with Crippen LogP contribution in [0.15, 0.2) is 0 Å². The highest BCUT2D eigenvalue weighted by Gasteiger charge is 2.28. The molecule has 0 aliphatic carbocycles. The van der Waals surface area contributed by atoms with Crippen LogP contribution in [0.1, 0.15) is 40.5 Å². The summed E-state index contributed by atoms with van der Waals surface area (Å²) < 4.78 is 23.0. The summed E-state index contributed by atoms with van der Waals surface area (Å²) in [5.74, 6) is 1.42. The van der Waals surface area contributed by atoms with E-state index in [1.807, 2.05) is 0 Å². The highest BCUT2D eigenvalue weighted by Crippen LogP contribution is 2.15. The first-order valence-electron chi connectivity index (χ1n) is 6.23. The molecule has 0 rings (SSSR count). The Labute approximate surface area is 111 Å². The second kappa shape index (κ2) is 7.59. The van der Waals surface area contributed by atoms with E-state index in [1.54, 1.807) is 20.8 Å². The zero-order valence-electron chi connectivity index (χ0n) is 11.4. The molecule has 0 aliphatic heterocycles. The Morgan fingerprint density at radius 1 is 1.29 bits per heavy atom. The van der Waals surface area contributed by atoms with Gasteiger partial charge in [0, 0.05) is 12.4 Å². The van der Waals surface area contributed by atoms with E-state index >= 15 is 0 Å². The molecule has 0 amide bonds. The quantitative estimate of drug-likeness (QED) is 0.550. The third-order valence-corrected chi connectivity index (χ3v) is 5.83. The summed E-state index contributed by atoms with van der Waals surface area (Å²) in [6, 6.07) is 0. The first kappa shape index (κ1) is 17.2. The zero-order chi connectivity index (χ0) is 13.5. The lowest BCUT2D eigenvalue weighted by molar-refractivity contribution is 0.457. The van der Waals surface area contributed by atoms with Crippen molar-refractivity contribution in [3.05, 3.63) is 0 Å². The van der Waals surface area contributed by atoms with Gasteiger partial charge in [-0.2, -0.15) is 0 Å². The van der Waals surface area contributed by atoms with Crippen molar-refractivity contribution in [1.82, 2.24) is 5.32 Å². The summed E-state index contributed by atoms with van der Waals surface area (Å²) in [7, 11) is -3.00. The fourth-order valence-corrected chi connectivity index (χ4v) is 2.76. The van der Waals surface area contributed by atoms with Crippen LogP contribution in [-0.4, -0.2) is 37.9 Å². The highest BCUT2D eigenvalue weighted by molar-refractivity contribution is 7.92. The topological polar surface area (TPSA) is 46.2 Å². The van der Waals surface area contributed by atoms with Gasteiger partial charge in [-0.25, -0.2) is 8.42 Å². The third-order valence-electron chi connectivity index (χ3n) is 3.01. The molecule has 0 aromatic heterocycles. The van der Waals surface area contributed by atoms with Gasteiger partial charge in [-0.05, 0) is 39.7 Å². The van der Waals surface area contributed by atoms with Crippen molar-refractivity contribution in [3.8, 4) is 0 Å². The molecule has 1 atom stereocenters. The fourth-order valence-electron chi connectivity index (χ4n) is 1.42. The van der Waals surface area contributed by atoms with Gasteiger partial charge in [-0.15, -0.1) is 11.6 Å². The van der Waals surface area contributed by atoms with Gasteiger partial charge in [-0.1, -0.05) is 13.3 Å². The molecule has 0 saturated heterocycles. The maximum atomic E-state index is 11.8. The van der Waals surface area contributed by atoms with Crippen molar-refractivity contribution < 1.29 is 8.42 Å². The van der Waals surface area contributed by atoms with Gasteiger partial charge in [0.2, 0.25) is 0 Å². The number of alkyl halides is 1. The van der Waals surface area contributed by atoms with E-state index in [4.69, 9.17) is 11.6 Å². The second-order valence-electron chi connectivity index (χ2n) is 5.39. The predicted molar refractivity (Wildman–Crippen MR) is 75.5 cm³/mol. The summed E-state index contributed by atoms with van der Waals surface area (Å²) in [6.45, 7) is 8.73. The first-order chi connectivity index (χ1) is 7.74. The lowest BCUT2D eigenvalue weighted by Gasteiger charge is -2.20. The molecular formula is C12H26ClNO2S. The molecule has 0 radical (unpaired) electrons. The molecule has 17 heavy (non-hydrogen) atoms. The van der Waals surface area contributed by atoms with E-state index in [9.17, 15) is 8.42 Å². The zero-order valence-corrected chi connectivity index (χ0v) is 13.0. The molecule has 0 bridgehead atoms. The normalized spacial score (nSPS) is 14.9. The maximum Gasteiger partial charge on any atom is 0.156 e. The monoisotopic (exact) mass is 283 g/mol. The van der Waals surface area contributed by atoms with Crippen molar-refractivity contribution in [2.75, 3.05) is 24.7 Å². The van der Waals surface area contributed by atoms with Crippen molar-refractivity contribution in [3.63, 3.8) is 0 Å². The van der Waals surface area contributed by atoms with Gasteiger partial charge < -0.3 is 5.32 Å². The number of halogens is 1. The minimum atomic E-state index is -3.00. The second-order valence-corrected chi connectivity index (χ2v) is 8.63. The molecule has 0 aromatic rings. The molecular weight excluding hydrogens is 258 g/mol. The average Bonchev–Trinajstić information content (AvgIpc) is 2.21.